The molecule has 5 heterocycles. The first-order valence-corrected chi connectivity index (χ1v) is 23.3. The van der Waals surface area contributed by atoms with E-state index in [-0.39, 0.29) is 34.7 Å². The van der Waals surface area contributed by atoms with Crippen LogP contribution < -0.4 is 0 Å². The minimum absolute atomic E-state index is 0.00560. The van der Waals surface area contributed by atoms with Gasteiger partial charge < -0.3 is 9.97 Å². The topological polar surface area (TPSA) is 144 Å². The van der Waals surface area contributed by atoms with Gasteiger partial charge >= 0.3 is 0 Å². The van der Waals surface area contributed by atoms with Crippen LogP contribution in [0, 0.1) is 27.7 Å². The highest BCUT2D eigenvalue weighted by Crippen LogP contribution is 2.48. The third kappa shape index (κ3) is 7.49. The van der Waals surface area contributed by atoms with Gasteiger partial charge in [0.2, 0.25) is 0 Å². The second kappa shape index (κ2) is 15.6. The quantitative estimate of drug-likeness (QED) is 0.0989. The Labute approximate surface area is 347 Å². The molecule has 2 aliphatic heterocycles. The van der Waals surface area contributed by atoms with Gasteiger partial charge in [-0.15, -0.1) is 0 Å². The van der Waals surface area contributed by atoms with Crippen LogP contribution in [0.5, 0.6) is 0 Å². The molecule has 0 saturated heterocycles. The van der Waals surface area contributed by atoms with Gasteiger partial charge in [-0.05, 0) is 131 Å². The second-order valence-electron chi connectivity index (χ2n) is 16.2. The molecule has 3 aromatic heterocycles. The molecule has 308 valence electrons. The van der Waals surface area contributed by atoms with E-state index in [1.165, 1.54) is 16.7 Å². The molecule has 12 heteroatoms. The van der Waals surface area contributed by atoms with Crippen molar-refractivity contribution >= 4 is 53.4 Å². The van der Waals surface area contributed by atoms with E-state index in [0.29, 0.717) is 18.5 Å². The molecule has 1 aliphatic carbocycles. The summed E-state index contributed by atoms with van der Waals surface area (Å²) in [7, 11) is -8.09. The number of aromatic nitrogens is 4. The van der Waals surface area contributed by atoms with E-state index >= 15 is 0 Å². The SMILES string of the molecule is CCc1c(C)c2cc3[nH]c(cc4nc(c5c6nc(cc1[nH]2)C(C)=C6C(OS(=O)(=O)c1ccc(C)cc1)C5)[C@@H](CCCOS(=O)(=O)c1ccc(C)cc1)[C@@H]4C)c(C)c3CC. The van der Waals surface area contributed by atoms with E-state index in [0.717, 1.165) is 85.4 Å². The first-order valence-electron chi connectivity index (χ1n) is 20.5. The van der Waals surface area contributed by atoms with E-state index in [2.05, 4.69) is 62.8 Å². The Morgan fingerprint density at radius 3 is 1.86 bits per heavy atom. The average molecular weight is 833 g/mol. The van der Waals surface area contributed by atoms with Gasteiger partial charge in [0.25, 0.3) is 20.2 Å². The predicted molar refractivity (Wildman–Crippen MR) is 233 cm³/mol. The van der Waals surface area contributed by atoms with E-state index in [1.54, 1.807) is 48.5 Å². The van der Waals surface area contributed by atoms with Gasteiger partial charge in [0, 0.05) is 62.8 Å². The highest BCUT2D eigenvalue weighted by atomic mass is 32.2. The van der Waals surface area contributed by atoms with Crippen LogP contribution in [0.25, 0.3) is 33.2 Å². The van der Waals surface area contributed by atoms with Crippen LogP contribution in [-0.2, 0) is 47.9 Å². The Morgan fingerprint density at radius 1 is 0.712 bits per heavy atom. The number of nitrogens with one attached hydrogen (secondary N) is 2. The third-order valence-electron chi connectivity index (χ3n) is 12.5. The van der Waals surface area contributed by atoms with Crippen molar-refractivity contribution in [1.29, 1.82) is 0 Å². The van der Waals surface area contributed by atoms with E-state index in [1.807, 2.05) is 20.8 Å². The van der Waals surface area contributed by atoms with Gasteiger partial charge in [0.1, 0.15) is 6.10 Å². The Kier molecular flexibility index (Phi) is 10.8. The number of allylic oxidation sites excluding steroid dienone is 1. The van der Waals surface area contributed by atoms with Crippen LogP contribution in [-0.4, -0.2) is 49.5 Å². The number of H-pyrrole nitrogens is 2. The lowest BCUT2D eigenvalue weighted by Crippen LogP contribution is -2.19. The Hall–Kier alpha value is -4.88. The molecule has 2 aromatic carbocycles. The highest BCUT2D eigenvalue weighted by Gasteiger charge is 2.42. The summed E-state index contributed by atoms with van der Waals surface area (Å²) in [6.45, 7) is 16.6. The standard InChI is InChI=1S/C47H52N4O6S2/c1-9-34-28(5)38-23-40-30(7)36(12-11-21-56-58(52,53)32-17-13-26(3)14-18-32)46(50-40)37-22-44(57-59(54,55)33-19-15-27(4)16-20-33)45-31(8)41(51-47(37)45)25-43-35(10-2)29(6)39(49-43)24-42(34)48-38/h13-20,23-25,30,36,44,48-49H,9-12,21-22H2,1-8H3/t30-,36-,44?/m0/s1. The minimum Gasteiger partial charge on any atom is -0.355 e. The lowest BCUT2D eigenvalue weighted by molar-refractivity contribution is 0.270. The third-order valence-corrected chi connectivity index (χ3v) is 15.1. The first kappa shape index (κ1) is 40.9. The van der Waals surface area contributed by atoms with Gasteiger partial charge in [-0.2, -0.15) is 16.8 Å². The lowest BCUT2D eigenvalue weighted by atomic mass is 9.85. The molecule has 10 nitrogen and oxygen atoms in total. The maximum Gasteiger partial charge on any atom is 0.297 e. The van der Waals surface area contributed by atoms with Crippen LogP contribution in [0.3, 0.4) is 0 Å². The number of hydrogen-bond donors (Lipinski definition) is 2. The Morgan fingerprint density at radius 2 is 1.27 bits per heavy atom. The zero-order valence-electron chi connectivity index (χ0n) is 35.0. The molecule has 1 unspecified atom stereocenters. The Balaban J connectivity index is 1.30. The molecule has 0 spiro atoms. The number of fused-ring (bicyclic) bond motifs is 8. The summed E-state index contributed by atoms with van der Waals surface area (Å²) < 4.78 is 65.7. The zero-order valence-corrected chi connectivity index (χ0v) is 36.6. The predicted octanol–water partition coefficient (Wildman–Crippen LogP) is 10.0. The summed E-state index contributed by atoms with van der Waals surface area (Å²) in [5, 5.41) is 0. The fourth-order valence-corrected chi connectivity index (χ4v) is 11.0. The summed E-state index contributed by atoms with van der Waals surface area (Å²) in [6, 6.07) is 19.7. The highest BCUT2D eigenvalue weighted by molar-refractivity contribution is 7.87. The van der Waals surface area contributed by atoms with Crippen molar-refractivity contribution in [3.8, 4) is 0 Å². The molecular weight excluding hydrogens is 781 g/mol. The van der Waals surface area contributed by atoms with Gasteiger partial charge in [-0.25, -0.2) is 4.98 Å². The van der Waals surface area contributed by atoms with Crippen molar-refractivity contribution < 1.29 is 25.2 Å². The summed E-state index contributed by atoms with van der Waals surface area (Å²) in [6.07, 6.45) is 2.14. The zero-order chi connectivity index (χ0) is 42.0. The molecule has 0 saturated carbocycles. The van der Waals surface area contributed by atoms with Crippen LogP contribution in [0.15, 0.2) is 76.5 Å². The van der Waals surface area contributed by atoms with Crippen LogP contribution >= 0.6 is 0 Å². The number of rotatable bonds is 11. The number of nitrogens with zero attached hydrogens (tertiary/aromatic N) is 2. The molecule has 8 bridgehead atoms. The lowest BCUT2D eigenvalue weighted by Gasteiger charge is -2.18. The molecule has 5 aromatic rings. The number of hydrogen-bond acceptors (Lipinski definition) is 8. The van der Waals surface area contributed by atoms with Crippen molar-refractivity contribution in [2.24, 2.45) is 0 Å². The second-order valence-corrected chi connectivity index (χ2v) is 19.4. The molecule has 0 fully saturated rings. The normalized spacial score (nSPS) is 17.9. The van der Waals surface area contributed by atoms with Crippen molar-refractivity contribution in [2.45, 2.75) is 115 Å². The van der Waals surface area contributed by atoms with Crippen molar-refractivity contribution in [3.63, 3.8) is 0 Å². The minimum atomic E-state index is -4.15. The molecule has 0 radical (unpaired) electrons. The van der Waals surface area contributed by atoms with Gasteiger partial charge in [0.05, 0.1) is 27.8 Å². The fraction of sp³-hybridized carbons (Fsp3) is 0.362. The summed E-state index contributed by atoms with van der Waals surface area (Å²) in [4.78, 5) is 18.3. The van der Waals surface area contributed by atoms with E-state index in [9.17, 15) is 16.8 Å². The molecule has 8 rings (SSSR count). The van der Waals surface area contributed by atoms with Gasteiger partial charge in [0.15, 0.2) is 0 Å². The molecule has 0 amide bonds. The van der Waals surface area contributed by atoms with E-state index in [4.69, 9.17) is 18.3 Å². The summed E-state index contributed by atoms with van der Waals surface area (Å²) >= 11 is 0. The number of aromatic amines is 2. The van der Waals surface area contributed by atoms with E-state index < -0.39 is 26.3 Å². The van der Waals surface area contributed by atoms with Crippen LogP contribution in [0.4, 0.5) is 0 Å². The van der Waals surface area contributed by atoms with Crippen molar-refractivity contribution in [2.75, 3.05) is 6.61 Å². The molecule has 3 atom stereocenters. The van der Waals surface area contributed by atoms with Crippen molar-refractivity contribution in [3.05, 3.63) is 128 Å². The summed E-state index contributed by atoms with van der Waals surface area (Å²) in [5.41, 5.74) is 16.3. The molecule has 2 N–H and O–H groups in total. The smallest absolute Gasteiger partial charge is 0.297 e. The molecular formula is C47H52N4O6S2. The maximum absolute atomic E-state index is 13.9. The maximum atomic E-state index is 13.9. The Bertz CT molecular complexity index is 2910. The van der Waals surface area contributed by atoms with Crippen LogP contribution in [0.1, 0.15) is 114 Å². The number of aryl methyl sites for hydroxylation is 6. The summed E-state index contributed by atoms with van der Waals surface area (Å²) in [5.74, 6) is -0.182. The number of benzene rings is 2. The fourth-order valence-electron chi connectivity index (χ4n) is 9.04. The van der Waals surface area contributed by atoms with Crippen molar-refractivity contribution in [1.82, 2.24) is 19.9 Å². The first-order chi connectivity index (χ1) is 28.1. The van der Waals surface area contributed by atoms with Gasteiger partial charge in [-0.1, -0.05) is 56.2 Å². The molecule has 59 heavy (non-hydrogen) atoms. The largest absolute Gasteiger partial charge is 0.355 e. The van der Waals surface area contributed by atoms with Crippen LogP contribution in [0.2, 0.25) is 0 Å². The van der Waals surface area contributed by atoms with Gasteiger partial charge in [-0.3, -0.25) is 13.4 Å². The average Bonchev–Trinajstić information content (AvgIpc) is 3.95. The monoisotopic (exact) mass is 832 g/mol. The molecule has 3 aliphatic rings.